The van der Waals surface area contributed by atoms with Crippen molar-refractivity contribution in [3.8, 4) is 0 Å². The number of nitrogens with zero attached hydrogens (tertiary/aromatic N) is 3. The van der Waals surface area contributed by atoms with Gasteiger partial charge in [-0.05, 0) is 61.3 Å². The van der Waals surface area contributed by atoms with Gasteiger partial charge in [0.15, 0.2) is 0 Å². The number of hydrogen-bond acceptors (Lipinski definition) is 4. The lowest BCUT2D eigenvalue weighted by Crippen LogP contribution is -2.25. The Morgan fingerprint density at radius 3 is 2.58 bits per heavy atom. The number of pyridine rings is 1. The molecule has 5 nitrogen and oxygen atoms in total. The zero-order valence-electron chi connectivity index (χ0n) is 18.1. The first-order valence-electron chi connectivity index (χ1n) is 11.4. The van der Waals surface area contributed by atoms with Gasteiger partial charge in [-0.25, -0.2) is 14.4 Å². The van der Waals surface area contributed by atoms with E-state index in [1.54, 1.807) is 22.9 Å². The van der Waals surface area contributed by atoms with Gasteiger partial charge >= 0.3 is 0 Å². The van der Waals surface area contributed by atoms with E-state index in [0.29, 0.717) is 11.9 Å². The van der Waals surface area contributed by atoms with E-state index in [2.05, 4.69) is 11.9 Å². The lowest BCUT2D eigenvalue weighted by molar-refractivity contribution is 0.122. The number of aliphatic hydroxyl groups excluding tert-OH is 1. The zero-order valence-corrected chi connectivity index (χ0v) is 18.1. The summed E-state index contributed by atoms with van der Waals surface area (Å²) < 4.78 is 15.0. The molecule has 4 rings (SSSR count). The maximum absolute atomic E-state index is 13.3. The van der Waals surface area contributed by atoms with Gasteiger partial charge in [0.25, 0.3) is 5.56 Å². The molecule has 1 saturated carbocycles. The molecule has 0 saturated heterocycles. The molecule has 0 atom stereocenters. The third-order valence-electron chi connectivity index (χ3n) is 6.30. The van der Waals surface area contributed by atoms with Gasteiger partial charge in [0.2, 0.25) is 0 Å². The molecule has 1 aliphatic rings. The van der Waals surface area contributed by atoms with Gasteiger partial charge in [-0.2, -0.15) is 0 Å². The molecule has 6 heteroatoms. The van der Waals surface area contributed by atoms with Crippen molar-refractivity contribution in [2.45, 2.75) is 76.9 Å². The highest BCUT2D eigenvalue weighted by atomic mass is 19.1. The first-order chi connectivity index (χ1) is 15.0. The fourth-order valence-corrected chi connectivity index (χ4v) is 4.48. The monoisotopic (exact) mass is 423 g/mol. The van der Waals surface area contributed by atoms with Crippen LogP contribution >= 0.6 is 0 Å². The van der Waals surface area contributed by atoms with Crippen LogP contribution in [0.15, 0.2) is 41.5 Å². The summed E-state index contributed by atoms with van der Waals surface area (Å²) in [6.07, 6.45) is 10.8. The molecule has 0 spiro atoms. The molecule has 0 radical (unpaired) electrons. The van der Waals surface area contributed by atoms with Crippen molar-refractivity contribution in [2.24, 2.45) is 0 Å². The lowest BCUT2D eigenvalue weighted by Gasteiger charge is -2.27. The van der Waals surface area contributed by atoms with Crippen LogP contribution in [0, 0.1) is 5.82 Å². The van der Waals surface area contributed by atoms with Gasteiger partial charge in [-0.15, -0.1) is 0 Å². The number of aryl methyl sites for hydroxylation is 1. The Morgan fingerprint density at radius 2 is 1.87 bits per heavy atom. The number of rotatable bonds is 7. The summed E-state index contributed by atoms with van der Waals surface area (Å²) in [7, 11) is 0. The molecule has 1 aliphatic carbocycles. The molecule has 164 valence electrons. The molecule has 31 heavy (non-hydrogen) atoms. The van der Waals surface area contributed by atoms with Crippen LogP contribution in [0.5, 0.6) is 0 Å². The van der Waals surface area contributed by atoms with Gasteiger partial charge in [-0.3, -0.25) is 4.79 Å². The molecule has 1 aromatic carbocycles. The molecule has 0 aliphatic heterocycles. The fourth-order valence-electron chi connectivity index (χ4n) is 4.48. The summed E-state index contributed by atoms with van der Waals surface area (Å²) >= 11 is 0. The van der Waals surface area contributed by atoms with Crippen molar-refractivity contribution in [1.29, 1.82) is 0 Å². The SMILES string of the molecule is CCCCCc1ncc2c(=O)n(Cc3ccc(F)cc3)cc(C3CCC(O)CC3)c2n1. The van der Waals surface area contributed by atoms with Crippen LogP contribution in [0.2, 0.25) is 0 Å². The Kier molecular flexibility index (Phi) is 6.76. The second kappa shape index (κ2) is 9.69. The Hall–Kier alpha value is -2.60. The number of aromatic nitrogens is 3. The van der Waals surface area contributed by atoms with Crippen molar-refractivity contribution in [1.82, 2.24) is 14.5 Å². The van der Waals surface area contributed by atoms with Gasteiger partial charge in [-0.1, -0.05) is 31.9 Å². The zero-order chi connectivity index (χ0) is 21.8. The van der Waals surface area contributed by atoms with E-state index in [-0.39, 0.29) is 23.4 Å². The maximum atomic E-state index is 13.3. The van der Waals surface area contributed by atoms with Crippen LogP contribution in [0.25, 0.3) is 10.9 Å². The van der Waals surface area contributed by atoms with Crippen molar-refractivity contribution >= 4 is 10.9 Å². The fraction of sp³-hybridized carbons (Fsp3) is 0.480. The average Bonchev–Trinajstić information content (AvgIpc) is 2.78. The predicted octanol–water partition coefficient (Wildman–Crippen LogP) is 4.73. The Morgan fingerprint density at radius 1 is 1.13 bits per heavy atom. The van der Waals surface area contributed by atoms with E-state index in [0.717, 1.165) is 73.8 Å². The first kappa shape index (κ1) is 21.6. The number of aliphatic hydroxyl groups is 1. The van der Waals surface area contributed by atoms with Gasteiger partial charge < -0.3 is 9.67 Å². The molecule has 2 aromatic heterocycles. The van der Waals surface area contributed by atoms with E-state index in [9.17, 15) is 14.3 Å². The standard InChI is InChI=1S/C25H30FN3O2/c1-2-3-4-5-23-27-14-21-24(28-23)22(18-8-12-20(30)13-9-18)16-29(25(21)31)15-17-6-10-19(26)11-7-17/h6-7,10-11,14,16,18,20,30H,2-5,8-9,12-13,15H2,1H3. The number of hydrogen-bond donors (Lipinski definition) is 1. The van der Waals surface area contributed by atoms with Crippen LogP contribution in [0.4, 0.5) is 4.39 Å². The van der Waals surface area contributed by atoms with Gasteiger partial charge in [0.05, 0.1) is 23.6 Å². The molecule has 1 N–H and O–H groups in total. The molecule has 0 unspecified atom stereocenters. The second-order valence-corrected chi connectivity index (χ2v) is 8.66. The topological polar surface area (TPSA) is 68.0 Å². The molecule has 3 aromatic rings. The average molecular weight is 424 g/mol. The highest BCUT2D eigenvalue weighted by Crippen LogP contribution is 2.35. The lowest BCUT2D eigenvalue weighted by atomic mass is 9.82. The summed E-state index contributed by atoms with van der Waals surface area (Å²) in [5, 5.41) is 10.5. The largest absolute Gasteiger partial charge is 0.393 e. The normalized spacial score (nSPS) is 19.1. The molecule has 1 fully saturated rings. The number of unbranched alkanes of at least 4 members (excludes halogenated alkanes) is 2. The van der Waals surface area contributed by atoms with E-state index < -0.39 is 0 Å². The van der Waals surface area contributed by atoms with Crippen LogP contribution in [-0.4, -0.2) is 25.7 Å². The summed E-state index contributed by atoms with van der Waals surface area (Å²) in [6.45, 7) is 2.54. The third kappa shape index (κ3) is 5.01. The highest BCUT2D eigenvalue weighted by molar-refractivity contribution is 5.80. The Bertz CT molecular complexity index is 1090. The second-order valence-electron chi connectivity index (χ2n) is 8.66. The van der Waals surface area contributed by atoms with E-state index in [4.69, 9.17) is 4.98 Å². The summed E-state index contributed by atoms with van der Waals surface area (Å²) in [4.78, 5) is 22.5. The van der Waals surface area contributed by atoms with E-state index in [1.165, 1.54) is 12.1 Å². The summed E-state index contributed by atoms with van der Waals surface area (Å²) in [5.41, 5.74) is 2.55. The van der Waals surface area contributed by atoms with Crippen LogP contribution in [-0.2, 0) is 13.0 Å². The smallest absolute Gasteiger partial charge is 0.261 e. The van der Waals surface area contributed by atoms with Crippen molar-refractivity contribution < 1.29 is 9.50 Å². The van der Waals surface area contributed by atoms with Crippen LogP contribution in [0.1, 0.15) is 74.7 Å². The van der Waals surface area contributed by atoms with E-state index in [1.807, 2.05) is 6.20 Å². The maximum Gasteiger partial charge on any atom is 0.261 e. The predicted molar refractivity (Wildman–Crippen MR) is 120 cm³/mol. The summed E-state index contributed by atoms with van der Waals surface area (Å²) in [6, 6.07) is 6.24. The minimum absolute atomic E-state index is 0.126. The number of halogens is 1. The minimum Gasteiger partial charge on any atom is -0.393 e. The van der Waals surface area contributed by atoms with Crippen molar-refractivity contribution in [3.63, 3.8) is 0 Å². The Labute approximate surface area is 182 Å². The van der Waals surface area contributed by atoms with Gasteiger partial charge in [0, 0.05) is 18.8 Å². The molecular formula is C25H30FN3O2. The molecule has 2 heterocycles. The van der Waals surface area contributed by atoms with E-state index >= 15 is 0 Å². The quantitative estimate of drug-likeness (QED) is 0.558. The first-order valence-corrected chi connectivity index (χ1v) is 11.4. The molecule has 0 amide bonds. The highest BCUT2D eigenvalue weighted by Gasteiger charge is 2.25. The van der Waals surface area contributed by atoms with Crippen LogP contribution < -0.4 is 5.56 Å². The molecule has 0 bridgehead atoms. The van der Waals surface area contributed by atoms with Crippen molar-refractivity contribution in [3.05, 3.63) is 69.8 Å². The minimum atomic E-state index is -0.292. The number of benzene rings is 1. The molecular weight excluding hydrogens is 393 g/mol. The van der Waals surface area contributed by atoms with Gasteiger partial charge in [0.1, 0.15) is 11.6 Å². The van der Waals surface area contributed by atoms with Crippen molar-refractivity contribution in [2.75, 3.05) is 0 Å². The third-order valence-corrected chi connectivity index (χ3v) is 6.30. The Balaban J connectivity index is 1.76. The van der Waals surface area contributed by atoms with Crippen LogP contribution in [0.3, 0.4) is 0 Å². The number of fused-ring (bicyclic) bond motifs is 1. The summed E-state index contributed by atoms with van der Waals surface area (Å²) in [5.74, 6) is 0.748.